The third-order valence-corrected chi connectivity index (χ3v) is 3.56. The molecule has 1 aromatic heterocycles. The van der Waals surface area contributed by atoms with E-state index in [1.165, 1.54) is 6.26 Å². The number of furan rings is 1. The van der Waals surface area contributed by atoms with Gasteiger partial charge in [0.05, 0.1) is 11.8 Å². The van der Waals surface area contributed by atoms with Crippen LogP contribution in [-0.2, 0) is 0 Å². The molecule has 0 aromatic carbocycles. The minimum absolute atomic E-state index is 0.141. The third-order valence-electron chi connectivity index (χ3n) is 3.27. The van der Waals surface area contributed by atoms with Crippen molar-refractivity contribution in [1.29, 1.82) is 0 Å². The minimum Gasteiger partial charge on any atom is -0.452 e. The maximum atomic E-state index is 12.0. The van der Waals surface area contributed by atoms with Gasteiger partial charge in [-0.1, -0.05) is 20.8 Å². The summed E-state index contributed by atoms with van der Waals surface area (Å²) in [4.78, 5) is 12.0. The zero-order valence-electron chi connectivity index (χ0n) is 9.97. The summed E-state index contributed by atoms with van der Waals surface area (Å²) >= 11 is 5.77. The predicted octanol–water partition coefficient (Wildman–Crippen LogP) is 3.63. The van der Waals surface area contributed by atoms with Crippen molar-refractivity contribution in [3.8, 4) is 0 Å². The largest absolute Gasteiger partial charge is 0.452 e. The first-order valence-electron chi connectivity index (χ1n) is 5.64. The van der Waals surface area contributed by atoms with E-state index in [2.05, 4.69) is 26.1 Å². The molecule has 0 saturated heterocycles. The van der Waals surface area contributed by atoms with Gasteiger partial charge in [-0.15, -0.1) is 0 Å². The summed E-state index contributed by atoms with van der Waals surface area (Å²) in [5.41, 5.74) is 0.263. The summed E-state index contributed by atoms with van der Waals surface area (Å²) in [5.74, 6) is -0.163. The van der Waals surface area contributed by atoms with Crippen LogP contribution in [0.5, 0.6) is 0 Å². The summed E-state index contributed by atoms with van der Waals surface area (Å²) in [6, 6.07) is 1.59. The van der Waals surface area contributed by atoms with Gasteiger partial charge in [-0.25, -0.2) is 0 Å². The molecule has 1 amide bonds. The monoisotopic (exact) mass is 243 g/mol. The summed E-state index contributed by atoms with van der Waals surface area (Å²) in [5, 5.41) is 3.19. The Kier molecular flexibility index (Phi) is 4.42. The lowest BCUT2D eigenvalue weighted by molar-refractivity contribution is 0.0888. The molecule has 0 radical (unpaired) electrons. The maximum absolute atomic E-state index is 12.0. The fraction of sp³-hybridized carbons (Fsp3) is 0.583. The van der Waals surface area contributed by atoms with Gasteiger partial charge in [-0.05, 0) is 36.9 Å². The Morgan fingerprint density at radius 3 is 2.31 bits per heavy atom. The summed E-state index contributed by atoms with van der Waals surface area (Å²) in [6.45, 7) is 6.22. The van der Waals surface area contributed by atoms with E-state index in [1.54, 1.807) is 6.07 Å². The first-order valence-corrected chi connectivity index (χ1v) is 6.01. The molecule has 3 nitrogen and oxygen atoms in total. The highest BCUT2D eigenvalue weighted by Gasteiger charge is 2.27. The van der Waals surface area contributed by atoms with Gasteiger partial charge in [-0.3, -0.25) is 4.79 Å². The van der Waals surface area contributed by atoms with Crippen LogP contribution in [0.2, 0.25) is 5.22 Å². The van der Waals surface area contributed by atoms with Crippen LogP contribution in [0.25, 0.3) is 0 Å². The smallest absolute Gasteiger partial charge is 0.256 e. The topological polar surface area (TPSA) is 42.2 Å². The number of carbonyl (C=O) groups excluding carboxylic acids is 1. The minimum atomic E-state index is -0.163. The van der Waals surface area contributed by atoms with E-state index in [4.69, 9.17) is 16.0 Å². The molecule has 1 rings (SSSR count). The second-order valence-corrected chi connectivity index (χ2v) is 4.25. The second kappa shape index (κ2) is 5.39. The van der Waals surface area contributed by atoms with E-state index in [0.717, 1.165) is 19.3 Å². The van der Waals surface area contributed by atoms with Crippen molar-refractivity contribution in [2.24, 2.45) is 0 Å². The van der Waals surface area contributed by atoms with Gasteiger partial charge in [0.25, 0.3) is 5.91 Å². The van der Waals surface area contributed by atoms with Gasteiger partial charge in [0.15, 0.2) is 0 Å². The lowest BCUT2D eigenvalue weighted by atomic mass is 9.89. The number of hydrogen-bond acceptors (Lipinski definition) is 2. The highest BCUT2D eigenvalue weighted by atomic mass is 35.5. The molecule has 0 atom stereocenters. The van der Waals surface area contributed by atoms with Crippen LogP contribution in [0.4, 0.5) is 0 Å². The van der Waals surface area contributed by atoms with Gasteiger partial charge >= 0.3 is 0 Å². The third kappa shape index (κ3) is 2.59. The molecule has 0 unspecified atom stereocenters. The number of halogens is 1. The quantitative estimate of drug-likeness (QED) is 0.858. The SMILES string of the molecule is CCC(CC)(CC)NC(=O)c1ccoc1Cl. The molecule has 16 heavy (non-hydrogen) atoms. The molecular weight excluding hydrogens is 226 g/mol. The number of nitrogens with one attached hydrogen (secondary N) is 1. The van der Waals surface area contributed by atoms with Crippen molar-refractivity contribution < 1.29 is 9.21 Å². The summed E-state index contributed by atoms with van der Waals surface area (Å²) in [6.07, 6.45) is 4.13. The molecule has 1 N–H and O–H groups in total. The van der Waals surface area contributed by atoms with Gasteiger partial charge in [0.1, 0.15) is 0 Å². The molecule has 1 heterocycles. The van der Waals surface area contributed by atoms with Crippen LogP contribution in [0.1, 0.15) is 50.4 Å². The maximum Gasteiger partial charge on any atom is 0.256 e. The molecule has 0 fully saturated rings. The van der Waals surface area contributed by atoms with E-state index in [0.29, 0.717) is 5.56 Å². The van der Waals surface area contributed by atoms with Crippen molar-refractivity contribution in [3.05, 3.63) is 23.1 Å². The van der Waals surface area contributed by atoms with Gasteiger partial charge in [-0.2, -0.15) is 0 Å². The molecule has 90 valence electrons. The zero-order valence-corrected chi connectivity index (χ0v) is 10.7. The van der Waals surface area contributed by atoms with Crippen molar-refractivity contribution in [2.75, 3.05) is 0 Å². The molecular formula is C12H18ClNO2. The summed E-state index contributed by atoms with van der Waals surface area (Å²) in [7, 11) is 0. The molecule has 1 aromatic rings. The highest BCUT2D eigenvalue weighted by Crippen LogP contribution is 2.22. The van der Waals surface area contributed by atoms with Crippen molar-refractivity contribution in [2.45, 2.75) is 45.6 Å². The van der Waals surface area contributed by atoms with Crippen molar-refractivity contribution in [3.63, 3.8) is 0 Å². The first-order chi connectivity index (χ1) is 7.58. The molecule has 0 spiro atoms. The van der Waals surface area contributed by atoms with Crippen molar-refractivity contribution >= 4 is 17.5 Å². The van der Waals surface area contributed by atoms with Gasteiger partial charge in [0.2, 0.25) is 5.22 Å². The Bertz CT molecular complexity index is 347. The first kappa shape index (κ1) is 13.1. The van der Waals surface area contributed by atoms with Crippen LogP contribution in [0, 0.1) is 0 Å². The van der Waals surface area contributed by atoms with Crippen LogP contribution in [0.15, 0.2) is 16.7 Å². The predicted molar refractivity (Wildman–Crippen MR) is 64.8 cm³/mol. The standard InChI is InChI=1S/C12H18ClNO2/c1-4-12(5-2,6-3)14-11(15)9-7-8-16-10(9)13/h7-8H,4-6H2,1-3H3,(H,14,15). The number of hydrogen-bond donors (Lipinski definition) is 1. The molecule has 0 aliphatic heterocycles. The lowest BCUT2D eigenvalue weighted by Crippen LogP contribution is -2.47. The van der Waals surface area contributed by atoms with Crippen LogP contribution in [-0.4, -0.2) is 11.4 Å². The van der Waals surface area contributed by atoms with E-state index < -0.39 is 0 Å². The van der Waals surface area contributed by atoms with E-state index in [1.807, 2.05) is 0 Å². The normalized spacial score (nSPS) is 11.5. The average Bonchev–Trinajstić information content (AvgIpc) is 2.72. The molecule has 4 heteroatoms. The average molecular weight is 244 g/mol. The van der Waals surface area contributed by atoms with E-state index >= 15 is 0 Å². The fourth-order valence-corrected chi connectivity index (χ4v) is 1.98. The van der Waals surface area contributed by atoms with Gasteiger partial charge in [0, 0.05) is 5.54 Å². The molecule has 0 aliphatic carbocycles. The fourth-order valence-electron chi connectivity index (χ4n) is 1.78. The Morgan fingerprint density at radius 2 is 1.94 bits per heavy atom. The van der Waals surface area contributed by atoms with Gasteiger partial charge < -0.3 is 9.73 Å². The Hall–Kier alpha value is -0.960. The second-order valence-electron chi connectivity index (χ2n) is 3.90. The zero-order chi connectivity index (χ0) is 12.2. The number of carbonyl (C=O) groups is 1. The van der Waals surface area contributed by atoms with Crippen LogP contribution >= 0.6 is 11.6 Å². The van der Waals surface area contributed by atoms with Crippen molar-refractivity contribution in [1.82, 2.24) is 5.32 Å². The lowest BCUT2D eigenvalue weighted by Gasteiger charge is -2.31. The van der Waals surface area contributed by atoms with Crippen LogP contribution < -0.4 is 5.32 Å². The Morgan fingerprint density at radius 1 is 1.38 bits per heavy atom. The van der Waals surface area contributed by atoms with Crippen LogP contribution in [0.3, 0.4) is 0 Å². The molecule has 0 bridgehead atoms. The summed E-state index contributed by atoms with van der Waals surface area (Å²) < 4.78 is 4.91. The molecule has 0 saturated carbocycles. The Balaban J connectivity index is 2.81. The number of amides is 1. The van der Waals surface area contributed by atoms with E-state index in [9.17, 15) is 4.79 Å². The number of rotatable bonds is 5. The van der Waals surface area contributed by atoms with E-state index in [-0.39, 0.29) is 16.7 Å². The Labute approximate surface area is 101 Å². The molecule has 0 aliphatic rings. The highest BCUT2D eigenvalue weighted by molar-refractivity contribution is 6.32.